The molecule has 2 unspecified atom stereocenters. The largest absolute Gasteiger partial charge is 0.387 e. The van der Waals surface area contributed by atoms with Gasteiger partial charge in [0.05, 0.1) is 17.8 Å². The molecule has 0 saturated carbocycles. The van der Waals surface area contributed by atoms with Gasteiger partial charge in [-0.2, -0.15) is 4.31 Å². The van der Waals surface area contributed by atoms with Gasteiger partial charge in [-0.25, -0.2) is 8.42 Å². The van der Waals surface area contributed by atoms with E-state index in [1.54, 1.807) is 26.4 Å². The summed E-state index contributed by atoms with van der Waals surface area (Å²) in [4.78, 5) is 4.10. The summed E-state index contributed by atoms with van der Waals surface area (Å²) in [6, 6.07) is 1.52. The van der Waals surface area contributed by atoms with Crippen molar-refractivity contribution in [2.24, 2.45) is 0 Å². The number of likely N-dealkylation sites (N-methyl/N-ethyl adjacent to an activating group) is 1. The van der Waals surface area contributed by atoms with Crippen molar-refractivity contribution in [3.05, 3.63) is 18.5 Å². The van der Waals surface area contributed by atoms with Crippen LogP contribution >= 0.6 is 0 Å². The molecule has 2 heterocycles. The van der Waals surface area contributed by atoms with Crippen LogP contribution in [0, 0.1) is 0 Å². The zero-order chi connectivity index (χ0) is 14.0. The van der Waals surface area contributed by atoms with Crippen LogP contribution in [0.4, 0.5) is 5.69 Å². The van der Waals surface area contributed by atoms with E-state index >= 15 is 0 Å². The van der Waals surface area contributed by atoms with E-state index in [4.69, 9.17) is 4.74 Å². The number of rotatable bonds is 4. The van der Waals surface area contributed by atoms with Crippen molar-refractivity contribution in [3.8, 4) is 0 Å². The molecular formula is C12H19N3O3S. The van der Waals surface area contributed by atoms with Crippen LogP contribution < -0.4 is 5.32 Å². The monoisotopic (exact) mass is 285 g/mol. The van der Waals surface area contributed by atoms with Crippen LogP contribution in [0.2, 0.25) is 0 Å². The number of nitrogens with zero attached hydrogens (tertiary/aromatic N) is 2. The van der Waals surface area contributed by atoms with Crippen molar-refractivity contribution in [2.75, 3.05) is 26.0 Å². The van der Waals surface area contributed by atoms with E-state index in [1.807, 2.05) is 6.92 Å². The van der Waals surface area contributed by atoms with Gasteiger partial charge in [0, 0.05) is 33.1 Å². The molecule has 1 fully saturated rings. The molecule has 0 bridgehead atoms. The van der Waals surface area contributed by atoms with E-state index in [1.165, 1.54) is 10.5 Å². The van der Waals surface area contributed by atoms with Gasteiger partial charge in [-0.15, -0.1) is 0 Å². The van der Waals surface area contributed by atoms with Crippen LogP contribution in [0.25, 0.3) is 0 Å². The fraction of sp³-hybridized carbons (Fsp3) is 0.583. The zero-order valence-corrected chi connectivity index (χ0v) is 12.1. The van der Waals surface area contributed by atoms with Crippen LogP contribution in [-0.4, -0.2) is 50.6 Å². The van der Waals surface area contributed by atoms with Crippen LogP contribution in [0.15, 0.2) is 23.4 Å². The minimum Gasteiger partial charge on any atom is -0.387 e. The average Bonchev–Trinajstić information content (AvgIpc) is 2.83. The summed E-state index contributed by atoms with van der Waals surface area (Å²) in [6.45, 7) is 2.49. The number of ether oxygens (including phenoxy) is 1. The van der Waals surface area contributed by atoms with Crippen LogP contribution in [0.3, 0.4) is 0 Å². The third kappa shape index (κ3) is 2.58. The van der Waals surface area contributed by atoms with Crippen molar-refractivity contribution in [1.82, 2.24) is 9.29 Å². The van der Waals surface area contributed by atoms with Gasteiger partial charge < -0.3 is 10.1 Å². The minimum absolute atomic E-state index is 0.0884. The van der Waals surface area contributed by atoms with Crippen molar-refractivity contribution in [1.29, 1.82) is 0 Å². The van der Waals surface area contributed by atoms with Gasteiger partial charge >= 0.3 is 0 Å². The van der Waals surface area contributed by atoms with Crippen LogP contribution in [-0.2, 0) is 14.8 Å². The van der Waals surface area contributed by atoms with Crippen molar-refractivity contribution < 1.29 is 13.2 Å². The lowest BCUT2D eigenvalue weighted by Gasteiger charge is -2.26. The van der Waals surface area contributed by atoms with Gasteiger partial charge in [0.1, 0.15) is 4.90 Å². The van der Waals surface area contributed by atoms with Gasteiger partial charge in [-0.05, 0) is 19.4 Å². The Bertz CT molecular complexity index is 547. The molecule has 1 N–H and O–H groups in total. The summed E-state index contributed by atoms with van der Waals surface area (Å²) < 4.78 is 32.1. The second kappa shape index (κ2) is 5.44. The Balaban J connectivity index is 2.36. The lowest BCUT2D eigenvalue weighted by atomic mass is 10.2. The van der Waals surface area contributed by atoms with Crippen LogP contribution in [0.1, 0.15) is 13.3 Å². The number of aromatic nitrogens is 1. The normalized spacial score (nSPS) is 23.8. The molecule has 1 saturated heterocycles. The highest BCUT2D eigenvalue weighted by atomic mass is 32.2. The van der Waals surface area contributed by atoms with Gasteiger partial charge in [0.2, 0.25) is 10.0 Å². The molecular weight excluding hydrogens is 266 g/mol. The maximum Gasteiger partial charge on any atom is 0.246 e. The van der Waals surface area contributed by atoms with Crippen molar-refractivity contribution >= 4 is 15.7 Å². The molecule has 1 aromatic rings. The number of hydrogen-bond acceptors (Lipinski definition) is 5. The zero-order valence-electron chi connectivity index (χ0n) is 11.3. The number of sulfonamides is 1. The summed E-state index contributed by atoms with van der Waals surface area (Å²) in [7, 11) is -0.285. The van der Waals surface area contributed by atoms with E-state index in [9.17, 15) is 8.42 Å². The van der Waals surface area contributed by atoms with Gasteiger partial charge in [-0.1, -0.05) is 0 Å². The number of pyridine rings is 1. The molecule has 19 heavy (non-hydrogen) atoms. The smallest absolute Gasteiger partial charge is 0.246 e. The maximum atomic E-state index is 12.6. The highest BCUT2D eigenvalue weighted by Crippen LogP contribution is 2.27. The summed E-state index contributed by atoms with van der Waals surface area (Å²) in [6.07, 6.45) is 3.56. The first-order valence-electron chi connectivity index (χ1n) is 6.20. The van der Waals surface area contributed by atoms with E-state index in [0.29, 0.717) is 18.7 Å². The molecule has 7 heteroatoms. The van der Waals surface area contributed by atoms with E-state index < -0.39 is 10.0 Å². The summed E-state index contributed by atoms with van der Waals surface area (Å²) >= 11 is 0. The Kier molecular flexibility index (Phi) is 4.07. The molecule has 2 atom stereocenters. The first kappa shape index (κ1) is 14.2. The lowest BCUT2D eigenvalue weighted by Crippen LogP contribution is -2.41. The fourth-order valence-corrected chi connectivity index (χ4v) is 3.91. The highest BCUT2D eigenvalue weighted by molar-refractivity contribution is 7.89. The molecule has 1 aliphatic heterocycles. The van der Waals surface area contributed by atoms with Gasteiger partial charge in [-0.3, -0.25) is 4.98 Å². The number of anilines is 1. The molecule has 6 nitrogen and oxygen atoms in total. The Hall–Kier alpha value is -1.18. The molecule has 1 aromatic heterocycles. The average molecular weight is 285 g/mol. The molecule has 1 aliphatic rings. The van der Waals surface area contributed by atoms with Crippen molar-refractivity contribution in [3.63, 3.8) is 0 Å². The molecule has 0 radical (unpaired) electrons. The standard InChI is InChI=1S/C12H19N3O3S/c1-9-11(5-7-18-9)15(3)19(16,17)12-8-14-6-4-10(12)13-2/h4,6,8-9,11H,5,7H2,1-3H3,(H,13,14). The minimum atomic E-state index is -3.57. The van der Waals surface area contributed by atoms with Gasteiger partial charge in [0.25, 0.3) is 0 Å². The summed E-state index contributed by atoms with van der Waals surface area (Å²) in [5, 5.41) is 2.88. The SMILES string of the molecule is CNc1ccncc1S(=O)(=O)N(C)C1CCOC1C. The number of nitrogens with one attached hydrogen (secondary N) is 1. The van der Waals surface area contributed by atoms with E-state index in [-0.39, 0.29) is 17.0 Å². The molecule has 0 spiro atoms. The summed E-state index contributed by atoms with van der Waals surface area (Å²) in [5.41, 5.74) is 0.549. The molecule has 2 rings (SSSR count). The quantitative estimate of drug-likeness (QED) is 0.890. The molecule has 0 amide bonds. The second-order valence-corrected chi connectivity index (χ2v) is 6.54. The Morgan fingerprint density at radius 3 is 2.84 bits per heavy atom. The van der Waals surface area contributed by atoms with E-state index in [0.717, 1.165) is 0 Å². The Morgan fingerprint density at radius 2 is 2.26 bits per heavy atom. The Labute approximate surface area is 113 Å². The lowest BCUT2D eigenvalue weighted by molar-refractivity contribution is 0.102. The third-order valence-corrected chi connectivity index (χ3v) is 5.42. The second-order valence-electron chi connectivity index (χ2n) is 4.58. The molecule has 0 aliphatic carbocycles. The van der Waals surface area contributed by atoms with E-state index in [2.05, 4.69) is 10.3 Å². The van der Waals surface area contributed by atoms with Crippen molar-refractivity contribution in [2.45, 2.75) is 30.4 Å². The molecule has 106 valence electrons. The van der Waals surface area contributed by atoms with Gasteiger partial charge in [0.15, 0.2) is 0 Å². The first-order valence-corrected chi connectivity index (χ1v) is 7.64. The first-order chi connectivity index (χ1) is 8.98. The fourth-order valence-electron chi connectivity index (χ4n) is 2.32. The Morgan fingerprint density at radius 1 is 1.53 bits per heavy atom. The maximum absolute atomic E-state index is 12.6. The predicted octanol–water partition coefficient (Wildman–Crippen LogP) is 0.921. The third-order valence-electron chi connectivity index (χ3n) is 3.51. The number of hydrogen-bond donors (Lipinski definition) is 1. The highest BCUT2D eigenvalue weighted by Gasteiger charge is 2.36. The summed E-state index contributed by atoms with van der Waals surface area (Å²) in [5.74, 6) is 0. The topological polar surface area (TPSA) is 71.5 Å². The van der Waals surface area contributed by atoms with Crippen LogP contribution in [0.5, 0.6) is 0 Å². The predicted molar refractivity (Wildman–Crippen MR) is 72.6 cm³/mol. The molecule has 0 aromatic carbocycles.